The fourth-order valence-electron chi connectivity index (χ4n) is 10.4. The summed E-state index contributed by atoms with van der Waals surface area (Å²) in [6.07, 6.45) is 51.1. The Morgan fingerprint density at radius 1 is 0.444 bits per heavy atom. The van der Waals surface area contributed by atoms with Gasteiger partial charge in [0.15, 0.2) is 0 Å². The smallest absolute Gasteiger partial charge is 0.0651 e. The van der Waals surface area contributed by atoms with E-state index < -0.39 is 0 Å². The number of rotatable bonds is 20. The van der Waals surface area contributed by atoms with Crippen LogP contribution in [0.4, 0.5) is 0 Å². The van der Waals surface area contributed by atoms with Crippen molar-refractivity contribution in [3.05, 3.63) is 24.3 Å². The van der Waals surface area contributed by atoms with E-state index in [-0.39, 0.29) is 0 Å². The van der Waals surface area contributed by atoms with Crippen molar-refractivity contribution in [2.75, 3.05) is 13.2 Å². The van der Waals surface area contributed by atoms with E-state index in [1.807, 2.05) is 0 Å². The number of ether oxygens (including phenoxy) is 1. The van der Waals surface area contributed by atoms with Gasteiger partial charge in [-0.15, -0.1) is 0 Å². The molecule has 0 radical (unpaired) electrons. The van der Waals surface area contributed by atoms with Crippen molar-refractivity contribution in [2.24, 2.45) is 47.3 Å². The van der Waals surface area contributed by atoms with Crippen LogP contribution in [-0.2, 0) is 4.74 Å². The highest BCUT2D eigenvalue weighted by atomic mass is 16.5. The number of unbranched alkanes of at least 4 members (excludes halogenated alkanes) is 8. The lowest BCUT2D eigenvalue weighted by molar-refractivity contribution is 0.142. The highest BCUT2D eigenvalue weighted by Gasteiger charge is 2.32. The minimum Gasteiger partial charge on any atom is -0.373 e. The van der Waals surface area contributed by atoms with Crippen molar-refractivity contribution in [3.63, 3.8) is 0 Å². The third-order valence-electron chi connectivity index (χ3n) is 13.3. The van der Waals surface area contributed by atoms with Crippen LogP contribution in [0, 0.1) is 47.3 Å². The molecular formula is C44H78O. The van der Waals surface area contributed by atoms with Crippen LogP contribution in [0.3, 0.4) is 0 Å². The topological polar surface area (TPSA) is 9.23 Å². The highest BCUT2D eigenvalue weighted by molar-refractivity contribution is 4.95. The van der Waals surface area contributed by atoms with Crippen LogP contribution >= 0.6 is 0 Å². The average molecular weight is 623 g/mol. The Hall–Kier alpha value is -0.560. The van der Waals surface area contributed by atoms with Crippen molar-refractivity contribution in [1.29, 1.82) is 0 Å². The van der Waals surface area contributed by atoms with Gasteiger partial charge in [-0.25, -0.2) is 0 Å². The van der Waals surface area contributed by atoms with Gasteiger partial charge in [0.1, 0.15) is 0 Å². The van der Waals surface area contributed by atoms with E-state index in [0.29, 0.717) is 0 Å². The molecule has 4 fully saturated rings. The van der Waals surface area contributed by atoms with Gasteiger partial charge in [0.2, 0.25) is 0 Å². The molecule has 0 aromatic rings. The molecule has 4 aliphatic carbocycles. The predicted molar refractivity (Wildman–Crippen MR) is 198 cm³/mol. The summed E-state index contributed by atoms with van der Waals surface area (Å²) in [7, 11) is 0. The summed E-state index contributed by atoms with van der Waals surface area (Å²) in [6, 6.07) is 0. The van der Waals surface area contributed by atoms with E-state index in [1.165, 1.54) is 167 Å². The molecule has 4 aliphatic rings. The van der Waals surface area contributed by atoms with Gasteiger partial charge in [0, 0.05) is 0 Å². The molecule has 0 amide bonds. The van der Waals surface area contributed by atoms with Gasteiger partial charge in [-0.1, -0.05) is 154 Å². The molecule has 45 heavy (non-hydrogen) atoms. The maximum Gasteiger partial charge on any atom is 0.0651 e. The Balaban J connectivity index is 1.00. The quantitative estimate of drug-likeness (QED) is 0.0969. The first-order valence-corrected chi connectivity index (χ1v) is 21.2. The summed E-state index contributed by atoms with van der Waals surface area (Å²) in [6.45, 7) is 6.24. The lowest BCUT2D eigenvalue weighted by Crippen LogP contribution is -2.26. The van der Waals surface area contributed by atoms with Gasteiger partial charge >= 0.3 is 0 Å². The SMILES string of the molecule is CCCCCCC[C@H]1CCC[C@H](C2CCC(/C=C/COC/C=C/C3CCC([C@H]4CCC[C@H](CCCCCCC)C4)CC3)CC2)C1. The average Bonchev–Trinajstić information content (AvgIpc) is 3.08. The van der Waals surface area contributed by atoms with E-state index in [4.69, 9.17) is 4.74 Å². The summed E-state index contributed by atoms with van der Waals surface area (Å²) in [5.74, 6) is 7.85. The van der Waals surface area contributed by atoms with Gasteiger partial charge < -0.3 is 4.74 Å². The van der Waals surface area contributed by atoms with E-state index in [9.17, 15) is 0 Å². The maximum atomic E-state index is 6.01. The fraction of sp³-hybridized carbons (Fsp3) is 0.909. The molecule has 1 nitrogen and oxygen atoms in total. The molecule has 0 bridgehead atoms. The van der Waals surface area contributed by atoms with Gasteiger partial charge in [0.25, 0.3) is 0 Å². The Morgan fingerprint density at radius 2 is 0.867 bits per heavy atom. The molecule has 4 rings (SSSR count). The Morgan fingerprint density at radius 3 is 1.29 bits per heavy atom. The first kappa shape index (κ1) is 37.3. The van der Waals surface area contributed by atoms with Crippen molar-refractivity contribution < 1.29 is 4.74 Å². The van der Waals surface area contributed by atoms with Crippen LogP contribution in [0.1, 0.15) is 194 Å². The summed E-state index contributed by atoms with van der Waals surface area (Å²) in [5.41, 5.74) is 0. The summed E-state index contributed by atoms with van der Waals surface area (Å²) in [4.78, 5) is 0. The standard InChI is InChI=1S/C44H78O/c1-3-5-7-9-11-17-39-19-13-23-43(35-39)41-29-25-37(26-30-41)21-15-33-45-34-16-22-38-27-31-42(32-28-38)44-24-14-20-40(36-44)18-12-10-8-6-4-2/h15-16,21-22,37-44H,3-14,17-20,23-36H2,1-2H3/b21-15+,22-16+/t37?,38?,39-,40-,41?,42?,43-,44-/m0/s1. The first-order valence-electron chi connectivity index (χ1n) is 21.2. The molecule has 0 spiro atoms. The second-order valence-corrected chi connectivity index (χ2v) is 16.7. The van der Waals surface area contributed by atoms with Crippen molar-refractivity contribution in [1.82, 2.24) is 0 Å². The molecule has 0 heterocycles. The summed E-state index contributed by atoms with van der Waals surface area (Å²) >= 11 is 0. The highest BCUT2D eigenvalue weighted by Crippen LogP contribution is 2.44. The Bertz CT molecular complexity index is 702. The van der Waals surface area contributed by atoms with E-state index >= 15 is 0 Å². The molecule has 0 aromatic carbocycles. The number of allylic oxidation sites excluding steroid dienone is 2. The third kappa shape index (κ3) is 14.6. The van der Waals surface area contributed by atoms with E-state index in [0.717, 1.165) is 60.6 Å². The maximum absolute atomic E-state index is 6.01. The minimum absolute atomic E-state index is 0.793. The molecule has 0 unspecified atom stereocenters. The number of hydrogen-bond acceptors (Lipinski definition) is 1. The molecule has 4 atom stereocenters. The lowest BCUT2D eigenvalue weighted by Gasteiger charge is -2.38. The van der Waals surface area contributed by atoms with Gasteiger partial charge in [-0.05, 0) is 112 Å². The number of hydrogen-bond donors (Lipinski definition) is 0. The summed E-state index contributed by atoms with van der Waals surface area (Å²) in [5, 5.41) is 0. The van der Waals surface area contributed by atoms with Crippen molar-refractivity contribution in [2.45, 2.75) is 194 Å². The van der Waals surface area contributed by atoms with Crippen molar-refractivity contribution >= 4 is 0 Å². The lowest BCUT2D eigenvalue weighted by atomic mass is 9.68. The Kier molecular flexibility index (Phi) is 19.0. The molecule has 0 N–H and O–H groups in total. The second kappa shape index (κ2) is 22.9. The molecule has 0 aliphatic heterocycles. The van der Waals surface area contributed by atoms with E-state index in [2.05, 4.69) is 38.2 Å². The van der Waals surface area contributed by atoms with Crippen LogP contribution in [0.15, 0.2) is 24.3 Å². The third-order valence-corrected chi connectivity index (χ3v) is 13.3. The molecule has 4 saturated carbocycles. The van der Waals surface area contributed by atoms with Crippen LogP contribution in [0.25, 0.3) is 0 Å². The monoisotopic (exact) mass is 623 g/mol. The normalized spacial score (nSPS) is 33.3. The van der Waals surface area contributed by atoms with Gasteiger partial charge in [-0.2, -0.15) is 0 Å². The largest absolute Gasteiger partial charge is 0.373 e. The van der Waals surface area contributed by atoms with Crippen LogP contribution in [0.5, 0.6) is 0 Å². The van der Waals surface area contributed by atoms with Gasteiger partial charge in [0.05, 0.1) is 13.2 Å². The first-order chi connectivity index (χ1) is 22.2. The zero-order valence-corrected chi connectivity index (χ0v) is 30.5. The van der Waals surface area contributed by atoms with Crippen molar-refractivity contribution in [3.8, 4) is 0 Å². The Labute approximate surface area is 282 Å². The zero-order valence-electron chi connectivity index (χ0n) is 30.5. The minimum atomic E-state index is 0.793. The van der Waals surface area contributed by atoms with E-state index in [1.54, 1.807) is 12.8 Å². The van der Waals surface area contributed by atoms with Gasteiger partial charge in [-0.3, -0.25) is 0 Å². The van der Waals surface area contributed by atoms with Crippen LogP contribution in [-0.4, -0.2) is 13.2 Å². The molecule has 260 valence electrons. The molecular weight excluding hydrogens is 544 g/mol. The van der Waals surface area contributed by atoms with Crippen LogP contribution < -0.4 is 0 Å². The fourth-order valence-corrected chi connectivity index (χ4v) is 10.4. The second-order valence-electron chi connectivity index (χ2n) is 16.7. The molecule has 0 aromatic heterocycles. The molecule has 1 heteroatoms. The molecule has 0 saturated heterocycles. The summed E-state index contributed by atoms with van der Waals surface area (Å²) < 4.78 is 6.01. The predicted octanol–water partition coefficient (Wildman–Crippen LogP) is 14.1. The van der Waals surface area contributed by atoms with Crippen LogP contribution in [0.2, 0.25) is 0 Å². The zero-order chi connectivity index (χ0) is 31.4.